The van der Waals surface area contributed by atoms with Gasteiger partial charge in [-0.3, -0.25) is 13.9 Å². The van der Waals surface area contributed by atoms with Crippen LogP contribution >= 0.6 is 11.8 Å². The number of nitrogens with one attached hydrogen (secondary N) is 1. The molecule has 3 aromatic carbocycles. The Labute approximate surface area is 259 Å². The second-order valence-electron chi connectivity index (χ2n) is 9.98. The SMILES string of the molecule is CCOc1ccc(N(CC(=O)N(Cc2ccc(OC)cc2)[C@H](C)C(=O)N[C@@H](C)CC)S(=O)(=O)c2ccc(SC)cc2)cc1. The third-order valence-corrected chi connectivity index (χ3v) is 9.57. The van der Waals surface area contributed by atoms with Gasteiger partial charge in [0, 0.05) is 17.5 Å². The lowest BCUT2D eigenvalue weighted by Gasteiger charge is -2.32. The van der Waals surface area contributed by atoms with Crippen molar-refractivity contribution in [3.05, 3.63) is 78.4 Å². The molecule has 0 heterocycles. The van der Waals surface area contributed by atoms with Crippen LogP contribution < -0.4 is 19.1 Å². The summed E-state index contributed by atoms with van der Waals surface area (Å²) < 4.78 is 40.0. The van der Waals surface area contributed by atoms with Crippen LogP contribution in [0.1, 0.15) is 39.7 Å². The van der Waals surface area contributed by atoms with Crippen molar-refractivity contribution >= 4 is 39.3 Å². The number of hydrogen-bond donors (Lipinski definition) is 1. The number of benzene rings is 3. The van der Waals surface area contributed by atoms with E-state index in [1.165, 1.54) is 28.8 Å². The minimum absolute atomic E-state index is 0.0521. The lowest BCUT2D eigenvalue weighted by Crippen LogP contribution is -2.52. The zero-order chi connectivity index (χ0) is 31.6. The summed E-state index contributed by atoms with van der Waals surface area (Å²) in [6.45, 7) is 7.39. The van der Waals surface area contributed by atoms with Crippen LogP contribution in [-0.4, -0.2) is 63.7 Å². The summed E-state index contributed by atoms with van der Waals surface area (Å²) in [6.07, 6.45) is 2.63. The van der Waals surface area contributed by atoms with Crippen LogP contribution in [0.4, 0.5) is 5.69 Å². The number of nitrogens with zero attached hydrogens (tertiary/aromatic N) is 2. The molecule has 0 spiro atoms. The van der Waals surface area contributed by atoms with Gasteiger partial charge in [-0.25, -0.2) is 8.42 Å². The molecule has 3 aromatic rings. The second-order valence-corrected chi connectivity index (χ2v) is 12.7. The highest BCUT2D eigenvalue weighted by molar-refractivity contribution is 7.98. The van der Waals surface area contributed by atoms with Gasteiger partial charge < -0.3 is 19.7 Å². The highest BCUT2D eigenvalue weighted by Crippen LogP contribution is 2.28. The van der Waals surface area contributed by atoms with Gasteiger partial charge in [-0.05, 0) is 99.7 Å². The number of ether oxygens (including phenoxy) is 2. The van der Waals surface area contributed by atoms with E-state index in [-0.39, 0.29) is 23.4 Å². The molecule has 0 saturated carbocycles. The fourth-order valence-electron chi connectivity index (χ4n) is 4.25. The molecule has 0 unspecified atom stereocenters. The summed E-state index contributed by atoms with van der Waals surface area (Å²) >= 11 is 1.50. The number of amides is 2. The molecule has 11 heteroatoms. The van der Waals surface area contributed by atoms with Crippen molar-refractivity contribution < 1.29 is 27.5 Å². The predicted octanol–water partition coefficient (Wildman–Crippen LogP) is 5.34. The van der Waals surface area contributed by atoms with E-state index in [4.69, 9.17) is 9.47 Å². The Morgan fingerprint density at radius 2 is 1.51 bits per heavy atom. The average Bonchev–Trinajstić information content (AvgIpc) is 3.02. The molecule has 0 radical (unpaired) electrons. The number of methoxy groups -OCH3 is 1. The Morgan fingerprint density at radius 1 is 0.907 bits per heavy atom. The molecule has 0 aromatic heterocycles. The van der Waals surface area contributed by atoms with Crippen molar-refractivity contribution in [1.29, 1.82) is 0 Å². The van der Waals surface area contributed by atoms with Crippen molar-refractivity contribution in [2.75, 3.05) is 30.8 Å². The van der Waals surface area contributed by atoms with E-state index in [0.717, 1.165) is 21.2 Å². The largest absolute Gasteiger partial charge is 0.497 e. The van der Waals surface area contributed by atoms with Crippen molar-refractivity contribution in [1.82, 2.24) is 10.2 Å². The lowest BCUT2D eigenvalue weighted by atomic mass is 10.1. The molecule has 9 nitrogen and oxygen atoms in total. The number of carbonyl (C=O) groups excluding carboxylic acids is 2. The Bertz CT molecular complexity index is 1450. The van der Waals surface area contributed by atoms with Gasteiger partial charge in [-0.15, -0.1) is 11.8 Å². The standard InChI is InChI=1S/C32H41N3O6S2/c1-7-23(3)33-32(37)24(4)34(21-25-9-13-27(40-5)14-10-25)31(36)22-35(26-11-15-28(16-12-26)41-8-2)43(38,39)30-19-17-29(42-6)18-20-30/h9-20,23-24H,7-8,21-22H2,1-6H3,(H,33,37)/t23-,24+/m0/s1. The molecule has 0 saturated heterocycles. The Hall–Kier alpha value is -3.70. The van der Waals surface area contributed by atoms with E-state index >= 15 is 0 Å². The summed E-state index contributed by atoms with van der Waals surface area (Å²) in [5.41, 5.74) is 1.06. The molecule has 0 aliphatic rings. The highest BCUT2D eigenvalue weighted by Gasteiger charge is 2.33. The molecule has 0 bridgehead atoms. The Morgan fingerprint density at radius 3 is 2.05 bits per heavy atom. The summed E-state index contributed by atoms with van der Waals surface area (Å²) in [7, 11) is -2.60. The zero-order valence-corrected chi connectivity index (χ0v) is 27.2. The highest BCUT2D eigenvalue weighted by atomic mass is 32.2. The van der Waals surface area contributed by atoms with Crippen LogP contribution in [0.2, 0.25) is 0 Å². The summed E-state index contributed by atoms with van der Waals surface area (Å²) in [4.78, 5) is 29.7. The molecule has 0 aliphatic carbocycles. The first-order valence-corrected chi connectivity index (χ1v) is 16.8. The van der Waals surface area contributed by atoms with Gasteiger partial charge in [0.15, 0.2) is 0 Å². The average molecular weight is 628 g/mol. The Balaban J connectivity index is 2.03. The van der Waals surface area contributed by atoms with Gasteiger partial charge in [0.2, 0.25) is 11.8 Å². The van der Waals surface area contributed by atoms with Gasteiger partial charge in [0.05, 0.1) is 24.3 Å². The van der Waals surface area contributed by atoms with Gasteiger partial charge in [-0.2, -0.15) is 0 Å². The second kappa shape index (κ2) is 15.7. The minimum atomic E-state index is -4.16. The van der Waals surface area contributed by atoms with E-state index in [1.54, 1.807) is 62.6 Å². The van der Waals surface area contributed by atoms with Crippen LogP contribution in [0.3, 0.4) is 0 Å². The maximum Gasteiger partial charge on any atom is 0.264 e. The third-order valence-electron chi connectivity index (χ3n) is 7.04. The van der Waals surface area contributed by atoms with Crippen LogP contribution in [-0.2, 0) is 26.2 Å². The maximum atomic E-state index is 14.1. The first-order chi connectivity index (χ1) is 20.5. The van der Waals surface area contributed by atoms with Crippen LogP contribution in [0.25, 0.3) is 0 Å². The predicted molar refractivity (Wildman–Crippen MR) is 171 cm³/mol. The summed E-state index contributed by atoms with van der Waals surface area (Å²) in [6, 6.07) is 19.3. The molecule has 0 aliphatic heterocycles. The Kier molecular flexibility index (Phi) is 12.3. The van der Waals surface area contributed by atoms with Crippen molar-refractivity contribution in [3.63, 3.8) is 0 Å². The summed E-state index contributed by atoms with van der Waals surface area (Å²) in [5, 5.41) is 2.94. The van der Waals surface area contributed by atoms with Crippen LogP contribution in [0.15, 0.2) is 82.6 Å². The fraction of sp³-hybridized carbons (Fsp3) is 0.375. The first kappa shape index (κ1) is 33.8. The first-order valence-electron chi connectivity index (χ1n) is 14.2. The lowest BCUT2D eigenvalue weighted by molar-refractivity contribution is -0.139. The van der Waals surface area contributed by atoms with Crippen molar-refractivity contribution in [2.24, 2.45) is 0 Å². The topological polar surface area (TPSA) is 105 Å². The van der Waals surface area contributed by atoms with Crippen molar-refractivity contribution in [2.45, 2.75) is 62.5 Å². The number of carbonyl (C=O) groups is 2. The molecule has 2 atom stereocenters. The smallest absolute Gasteiger partial charge is 0.264 e. The van der Waals surface area contributed by atoms with E-state index in [2.05, 4.69) is 5.32 Å². The van der Waals surface area contributed by atoms with Crippen LogP contribution in [0, 0.1) is 0 Å². The number of thioether (sulfide) groups is 1. The van der Waals surface area contributed by atoms with Gasteiger partial charge in [0.25, 0.3) is 10.0 Å². The molecular weight excluding hydrogens is 587 g/mol. The molecule has 3 rings (SSSR count). The molecule has 43 heavy (non-hydrogen) atoms. The van der Waals surface area contributed by atoms with E-state index in [1.807, 2.05) is 39.2 Å². The number of sulfonamides is 1. The van der Waals surface area contributed by atoms with E-state index in [9.17, 15) is 18.0 Å². The number of hydrogen-bond acceptors (Lipinski definition) is 7. The van der Waals surface area contributed by atoms with Gasteiger partial charge >= 0.3 is 0 Å². The molecule has 2 amide bonds. The third kappa shape index (κ3) is 8.90. The molecule has 232 valence electrons. The molecule has 1 N–H and O–H groups in total. The maximum absolute atomic E-state index is 14.1. The van der Waals surface area contributed by atoms with E-state index < -0.39 is 28.5 Å². The molecule has 0 fully saturated rings. The summed E-state index contributed by atoms with van der Waals surface area (Å²) in [5.74, 6) is 0.389. The number of rotatable bonds is 15. The molecular formula is C32H41N3O6S2. The van der Waals surface area contributed by atoms with Gasteiger partial charge in [-0.1, -0.05) is 19.1 Å². The monoisotopic (exact) mass is 627 g/mol. The van der Waals surface area contributed by atoms with Gasteiger partial charge in [0.1, 0.15) is 24.1 Å². The number of anilines is 1. The zero-order valence-electron chi connectivity index (χ0n) is 25.6. The van der Waals surface area contributed by atoms with Crippen LogP contribution in [0.5, 0.6) is 11.5 Å². The van der Waals surface area contributed by atoms with E-state index in [0.29, 0.717) is 23.8 Å². The van der Waals surface area contributed by atoms with Crippen molar-refractivity contribution in [3.8, 4) is 11.5 Å². The fourth-order valence-corrected chi connectivity index (χ4v) is 6.08. The minimum Gasteiger partial charge on any atom is -0.497 e. The quantitative estimate of drug-likeness (QED) is 0.227. The normalized spacial score (nSPS) is 12.6.